The lowest BCUT2D eigenvalue weighted by Crippen LogP contribution is -2.35. The van der Waals surface area contributed by atoms with Crippen LogP contribution in [0.4, 0.5) is 0 Å². The summed E-state index contributed by atoms with van der Waals surface area (Å²) in [6.45, 7) is 9.14. The van der Waals surface area contributed by atoms with E-state index in [2.05, 4.69) is 48.7 Å². The summed E-state index contributed by atoms with van der Waals surface area (Å²) in [7, 11) is 0. The molecule has 4 nitrogen and oxygen atoms in total. The molecule has 1 heterocycles. The molecular formula is C15H27BrN2O2. The van der Waals surface area contributed by atoms with Gasteiger partial charge in [0.2, 0.25) is 0 Å². The molecule has 0 unspecified atom stereocenters. The number of halogens is 1. The second-order valence-electron chi connectivity index (χ2n) is 5.97. The van der Waals surface area contributed by atoms with Gasteiger partial charge in [-0.1, -0.05) is 20.8 Å². The largest absolute Gasteiger partial charge is 0.396 e. The molecule has 5 heteroatoms. The average Bonchev–Trinajstić information content (AvgIpc) is 2.73. The maximum atomic E-state index is 9.80. The summed E-state index contributed by atoms with van der Waals surface area (Å²) >= 11 is 3.63. The highest BCUT2D eigenvalue weighted by molar-refractivity contribution is 9.10. The van der Waals surface area contributed by atoms with Crippen LogP contribution in [0.25, 0.3) is 0 Å². The molecule has 0 radical (unpaired) electrons. The van der Waals surface area contributed by atoms with Crippen molar-refractivity contribution in [2.45, 2.75) is 53.5 Å². The molecule has 0 atom stereocenters. The first-order valence-electron chi connectivity index (χ1n) is 7.38. The minimum Gasteiger partial charge on any atom is -0.396 e. The molecule has 0 amide bonds. The van der Waals surface area contributed by atoms with Crippen molar-refractivity contribution < 1.29 is 10.2 Å². The van der Waals surface area contributed by atoms with Crippen LogP contribution in [-0.4, -0.2) is 33.2 Å². The fourth-order valence-electron chi connectivity index (χ4n) is 2.77. The first kappa shape index (κ1) is 17.7. The first-order valence-corrected chi connectivity index (χ1v) is 8.18. The van der Waals surface area contributed by atoms with Gasteiger partial charge in [0.15, 0.2) is 0 Å². The molecule has 0 fully saturated rings. The Balaban J connectivity index is 3.13. The Morgan fingerprint density at radius 2 is 1.85 bits per heavy atom. The minimum absolute atomic E-state index is 0.00945. The third-order valence-corrected chi connectivity index (χ3v) is 4.66. The fraction of sp³-hybridized carbons (Fsp3) is 0.800. The number of hydrogen-bond acceptors (Lipinski definition) is 3. The summed E-state index contributed by atoms with van der Waals surface area (Å²) in [6.07, 6.45) is 2.30. The van der Waals surface area contributed by atoms with Crippen molar-refractivity contribution in [1.29, 1.82) is 0 Å². The zero-order chi connectivity index (χ0) is 15.3. The Hall–Kier alpha value is -0.390. The molecule has 0 aliphatic heterocycles. The molecule has 1 aromatic heterocycles. The summed E-state index contributed by atoms with van der Waals surface area (Å²) in [5.74, 6) is 0.428. The molecule has 0 aromatic carbocycles. The van der Waals surface area contributed by atoms with Crippen LogP contribution in [0.5, 0.6) is 0 Å². The number of aliphatic hydroxyl groups excluding tert-OH is 2. The van der Waals surface area contributed by atoms with Gasteiger partial charge in [-0.15, -0.1) is 0 Å². The molecule has 0 aliphatic carbocycles. The van der Waals surface area contributed by atoms with Gasteiger partial charge in [0, 0.05) is 18.4 Å². The van der Waals surface area contributed by atoms with Crippen LogP contribution in [-0.2, 0) is 19.4 Å². The van der Waals surface area contributed by atoms with Crippen molar-refractivity contribution >= 4 is 15.9 Å². The Bertz CT molecular complexity index is 426. The number of aliphatic hydroxyl groups is 2. The summed E-state index contributed by atoms with van der Waals surface area (Å²) in [4.78, 5) is 0. The predicted octanol–water partition coefficient (Wildman–Crippen LogP) is 2.79. The van der Waals surface area contributed by atoms with Crippen LogP contribution in [0.15, 0.2) is 4.47 Å². The second kappa shape index (κ2) is 7.57. The highest BCUT2D eigenvalue weighted by Gasteiger charge is 2.32. The Morgan fingerprint density at radius 1 is 1.25 bits per heavy atom. The number of hydrogen-bond donors (Lipinski definition) is 2. The van der Waals surface area contributed by atoms with Gasteiger partial charge in [-0.3, -0.25) is 4.68 Å². The van der Waals surface area contributed by atoms with Crippen LogP contribution in [0.3, 0.4) is 0 Å². The first-order chi connectivity index (χ1) is 9.42. The lowest BCUT2D eigenvalue weighted by atomic mass is 9.77. The molecule has 0 saturated heterocycles. The van der Waals surface area contributed by atoms with E-state index < -0.39 is 5.41 Å². The summed E-state index contributed by atoms with van der Waals surface area (Å²) in [5.41, 5.74) is 1.64. The normalized spacial score (nSPS) is 12.4. The maximum Gasteiger partial charge on any atom is 0.0766 e. The summed E-state index contributed by atoms with van der Waals surface area (Å²) < 4.78 is 3.00. The van der Waals surface area contributed by atoms with E-state index in [1.54, 1.807) is 0 Å². The van der Waals surface area contributed by atoms with Crippen LogP contribution < -0.4 is 0 Å². The molecule has 0 aliphatic rings. The molecule has 2 N–H and O–H groups in total. The molecule has 1 aromatic rings. The van der Waals surface area contributed by atoms with Gasteiger partial charge >= 0.3 is 0 Å². The Morgan fingerprint density at radius 3 is 2.25 bits per heavy atom. The van der Waals surface area contributed by atoms with Crippen LogP contribution in [0.1, 0.15) is 45.5 Å². The highest BCUT2D eigenvalue weighted by atomic mass is 79.9. The monoisotopic (exact) mass is 346 g/mol. The third kappa shape index (κ3) is 3.83. The molecule has 0 spiro atoms. The molecule has 1 rings (SSSR count). The van der Waals surface area contributed by atoms with Gasteiger partial charge in [0.1, 0.15) is 0 Å². The lowest BCUT2D eigenvalue weighted by Gasteiger charge is -2.32. The highest BCUT2D eigenvalue weighted by Crippen LogP contribution is 2.34. The summed E-state index contributed by atoms with van der Waals surface area (Å²) in [5, 5.41) is 24.2. The number of rotatable bonds is 8. The van der Waals surface area contributed by atoms with Crippen molar-refractivity contribution in [1.82, 2.24) is 9.78 Å². The van der Waals surface area contributed by atoms with E-state index in [-0.39, 0.29) is 13.2 Å². The predicted molar refractivity (Wildman–Crippen MR) is 84.7 cm³/mol. The summed E-state index contributed by atoms with van der Waals surface area (Å²) in [6, 6.07) is 0. The lowest BCUT2D eigenvalue weighted by molar-refractivity contribution is 0.0352. The van der Waals surface area contributed by atoms with E-state index in [0.29, 0.717) is 12.3 Å². The molecule has 0 saturated carbocycles. The van der Waals surface area contributed by atoms with Crippen molar-refractivity contribution in [2.24, 2.45) is 11.3 Å². The van der Waals surface area contributed by atoms with Gasteiger partial charge in [0.05, 0.1) is 29.1 Å². The molecule has 116 valence electrons. The van der Waals surface area contributed by atoms with Gasteiger partial charge in [-0.2, -0.15) is 5.10 Å². The van der Waals surface area contributed by atoms with E-state index in [9.17, 15) is 10.2 Å². The minimum atomic E-state index is -0.478. The average molecular weight is 347 g/mol. The zero-order valence-corrected chi connectivity index (χ0v) is 14.6. The van der Waals surface area contributed by atoms with E-state index in [1.165, 1.54) is 0 Å². The smallest absolute Gasteiger partial charge is 0.0766 e. The number of aryl methyl sites for hydroxylation is 2. The number of aromatic nitrogens is 2. The fourth-order valence-corrected chi connectivity index (χ4v) is 3.48. The van der Waals surface area contributed by atoms with Crippen molar-refractivity contribution in [3.8, 4) is 0 Å². The van der Waals surface area contributed by atoms with E-state index in [1.807, 2.05) is 4.68 Å². The molecule has 0 bridgehead atoms. The topological polar surface area (TPSA) is 58.3 Å². The molecular weight excluding hydrogens is 320 g/mol. The van der Waals surface area contributed by atoms with Gasteiger partial charge in [-0.25, -0.2) is 0 Å². The zero-order valence-electron chi connectivity index (χ0n) is 13.0. The third-order valence-electron chi connectivity index (χ3n) is 3.75. The van der Waals surface area contributed by atoms with E-state index in [0.717, 1.165) is 35.2 Å². The van der Waals surface area contributed by atoms with Crippen molar-refractivity contribution in [3.05, 3.63) is 15.9 Å². The van der Waals surface area contributed by atoms with Gasteiger partial charge in [0.25, 0.3) is 0 Å². The number of nitrogens with zero attached hydrogens (tertiary/aromatic N) is 2. The van der Waals surface area contributed by atoms with Gasteiger partial charge in [-0.05, 0) is 41.6 Å². The second-order valence-corrected chi connectivity index (χ2v) is 6.76. The van der Waals surface area contributed by atoms with Gasteiger partial charge < -0.3 is 10.2 Å². The van der Waals surface area contributed by atoms with E-state index in [4.69, 9.17) is 0 Å². The standard InChI is InChI=1S/C15H27BrN2O2/c1-5-12-14(16)13(18(6-2)17-12)8-15(9-19,10-20)7-11(3)4/h11,19-20H,5-10H2,1-4H3. The molecule has 20 heavy (non-hydrogen) atoms. The van der Waals surface area contributed by atoms with Crippen molar-refractivity contribution in [2.75, 3.05) is 13.2 Å². The van der Waals surface area contributed by atoms with E-state index >= 15 is 0 Å². The Labute approximate surface area is 130 Å². The van der Waals surface area contributed by atoms with Crippen LogP contribution in [0.2, 0.25) is 0 Å². The maximum absolute atomic E-state index is 9.80. The quantitative estimate of drug-likeness (QED) is 0.760. The van der Waals surface area contributed by atoms with Crippen LogP contribution in [0, 0.1) is 11.3 Å². The van der Waals surface area contributed by atoms with Crippen LogP contribution >= 0.6 is 15.9 Å². The Kier molecular flexibility index (Phi) is 6.69. The SMILES string of the molecule is CCc1nn(CC)c(CC(CO)(CO)CC(C)C)c1Br. The van der Waals surface area contributed by atoms with Crippen molar-refractivity contribution in [3.63, 3.8) is 0 Å².